The van der Waals surface area contributed by atoms with Crippen LogP contribution < -0.4 is 5.32 Å². The Kier molecular flexibility index (Phi) is 6.43. The van der Waals surface area contributed by atoms with Gasteiger partial charge in [-0.1, -0.05) is 0 Å². The Morgan fingerprint density at radius 3 is 2.48 bits per heavy atom. The predicted octanol–water partition coefficient (Wildman–Crippen LogP) is -0.505. The van der Waals surface area contributed by atoms with Crippen LogP contribution in [0.5, 0.6) is 0 Å². The number of sulfonamides is 1. The van der Waals surface area contributed by atoms with E-state index in [0.717, 1.165) is 52.1 Å². The fraction of sp³-hybridized carbons (Fsp3) is 1.00. The fourth-order valence-corrected chi connectivity index (χ4v) is 4.85. The number of hydrogen-bond donors (Lipinski definition) is 1. The van der Waals surface area contributed by atoms with Crippen molar-refractivity contribution in [2.45, 2.75) is 12.8 Å². The summed E-state index contributed by atoms with van der Waals surface area (Å²) < 4.78 is 26.7. The zero-order valence-electron chi connectivity index (χ0n) is 13.4. The molecule has 0 aromatic rings. The molecule has 2 heterocycles. The second-order valence-electron chi connectivity index (χ2n) is 6.53. The van der Waals surface area contributed by atoms with E-state index in [-0.39, 0.29) is 5.92 Å². The molecular formula is C14H30N4O2S. The molecule has 1 unspecified atom stereocenters. The van der Waals surface area contributed by atoms with Crippen LogP contribution in [0, 0.1) is 5.92 Å². The molecule has 0 aromatic carbocycles. The molecule has 7 heteroatoms. The number of likely N-dealkylation sites (N-methyl/N-ethyl adjacent to an activating group) is 1. The van der Waals surface area contributed by atoms with Gasteiger partial charge in [-0.25, -0.2) is 8.42 Å². The Hall–Kier alpha value is -0.210. The van der Waals surface area contributed by atoms with Crippen molar-refractivity contribution in [3.63, 3.8) is 0 Å². The highest BCUT2D eigenvalue weighted by Crippen LogP contribution is 2.16. The Labute approximate surface area is 129 Å². The van der Waals surface area contributed by atoms with E-state index in [1.807, 2.05) is 0 Å². The molecule has 21 heavy (non-hydrogen) atoms. The second-order valence-corrected chi connectivity index (χ2v) is 8.55. The summed E-state index contributed by atoms with van der Waals surface area (Å²) in [6, 6.07) is 0. The van der Waals surface area contributed by atoms with Crippen LogP contribution in [-0.2, 0) is 10.0 Å². The Morgan fingerprint density at radius 1 is 1.19 bits per heavy atom. The molecule has 0 aliphatic carbocycles. The number of piperidine rings is 1. The van der Waals surface area contributed by atoms with Gasteiger partial charge in [0, 0.05) is 39.3 Å². The molecule has 0 amide bonds. The molecule has 124 valence electrons. The topological polar surface area (TPSA) is 55.9 Å². The third kappa shape index (κ3) is 5.49. The number of hydrogen-bond acceptors (Lipinski definition) is 5. The molecule has 2 aliphatic rings. The van der Waals surface area contributed by atoms with Gasteiger partial charge in [-0.05, 0) is 45.9 Å². The van der Waals surface area contributed by atoms with E-state index in [0.29, 0.717) is 18.8 Å². The van der Waals surface area contributed by atoms with E-state index in [9.17, 15) is 8.42 Å². The third-order valence-electron chi connectivity index (χ3n) is 4.43. The summed E-state index contributed by atoms with van der Waals surface area (Å²) in [7, 11) is 1.06. The van der Waals surface area contributed by atoms with Crippen LogP contribution in [0.3, 0.4) is 0 Å². The minimum atomic E-state index is -3.08. The van der Waals surface area contributed by atoms with Gasteiger partial charge < -0.3 is 10.2 Å². The first-order valence-corrected chi connectivity index (χ1v) is 9.64. The fourth-order valence-electron chi connectivity index (χ4n) is 3.04. The molecule has 0 bridgehead atoms. The van der Waals surface area contributed by atoms with E-state index in [1.54, 1.807) is 4.31 Å². The first kappa shape index (κ1) is 17.1. The van der Waals surface area contributed by atoms with Crippen molar-refractivity contribution in [3.05, 3.63) is 0 Å². The molecule has 2 rings (SSSR count). The molecule has 0 spiro atoms. The van der Waals surface area contributed by atoms with Crippen molar-refractivity contribution in [1.29, 1.82) is 0 Å². The zero-order chi connectivity index (χ0) is 15.3. The molecule has 2 saturated heterocycles. The van der Waals surface area contributed by atoms with E-state index in [1.165, 1.54) is 0 Å². The van der Waals surface area contributed by atoms with Gasteiger partial charge >= 0.3 is 0 Å². The quantitative estimate of drug-likeness (QED) is 0.715. The lowest BCUT2D eigenvalue weighted by molar-refractivity contribution is 0.174. The van der Waals surface area contributed by atoms with Crippen LogP contribution >= 0.6 is 0 Å². The van der Waals surface area contributed by atoms with Gasteiger partial charge in [-0.2, -0.15) is 4.31 Å². The Bertz CT molecular complexity index is 399. The first-order chi connectivity index (χ1) is 9.97. The second kappa shape index (κ2) is 7.87. The molecule has 6 nitrogen and oxygen atoms in total. The van der Waals surface area contributed by atoms with Crippen molar-refractivity contribution in [2.24, 2.45) is 5.92 Å². The number of piperazine rings is 1. The lowest BCUT2D eigenvalue weighted by Gasteiger charge is -2.35. The maximum atomic E-state index is 12.5. The average Bonchev–Trinajstić information content (AvgIpc) is 2.46. The smallest absolute Gasteiger partial charge is 0.214 e. The lowest BCUT2D eigenvalue weighted by Crippen LogP contribution is -2.51. The summed E-state index contributed by atoms with van der Waals surface area (Å²) in [6.07, 6.45) is 2.13. The molecule has 0 radical (unpaired) electrons. The minimum Gasteiger partial charge on any atom is -0.316 e. The maximum absolute atomic E-state index is 12.5. The summed E-state index contributed by atoms with van der Waals surface area (Å²) in [4.78, 5) is 4.52. The largest absolute Gasteiger partial charge is 0.316 e. The highest BCUT2D eigenvalue weighted by Gasteiger charge is 2.29. The van der Waals surface area contributed by atoms with Gasteiger partial charge in [0.25, 0.3) is 0 Å². The SMILES string of the molecule is CN(C)CCN1CCN(S(=O)(=O)CC2CCCNC2)CC1. The van der Waals surface area contributed by atoms with Gasteiger partial charge in [-0.3, -0.25) is 4.90 Å². The molecular weight excluding hydrogens is 288 g/mol. The summed E-state index contributed by atoms with van der Waals surface area (Å²) in [5.74, 6) is 0.605. The summed E-state index contributed by atoms with van der Waals surface area (Å²) >= 11 is 0. The van der Waals surface area contributed by atoms with Crippen molar-refractivity contribution in [1.82, 2.24) is 19.4 Å². The van der Waals surface area contributed by atoms with E-state index >= 15 is 0 Å². The molecule has 1 atom stereocenters. The molecule has 1 N–H and O–H groups in total. The van der Waals surface area contributed by atoms with Crippen LogP contribution in [0.4, 0.5) is 0 Å². The van der Waals surface area contributed by atoms with Gasteiger partial charge in [0.15, 0.2) is 0 Å². The van der Waals surface area contributed by atoms with E-state index in [4.69, 9.17) is 0 Å². The van der Waals surface area contributed by atoms with Crippen molar-refractivity contribution in [3.8, 4) is 0 Å². The van der Waals surface area contributed by atoms with Crippen LogP contribution in [-0.4, -0.2) is 94.7 Å². The van der Waals surface area contributed by atoms with Crippen LogP contribution in [0.25, 0.3) is 0 Å². The van der Waals surface area contributed by atoms with E-state index < -0.39 is 10.0 Å². The summed E-state index contributed by atoms with van der Waals surface area (Å²) in [5, 5.41) is 3.30. The number of nitrogens with one attached hydrogen (secondary N) is 1. The predicted molar refractivity (Wildman–Crippen MR) is 85.9 cm³/mol. The summed E-state index contributed by atoms with van der Waals surface area (Å²) in [6.45, 7) is 6.94. The number of nitrogens with zero attached hydrogens (tertiary/aromatic N) is 3. The van der Waals surface area contributed by atoms with Crippen LogP contribution in [0.15, 0.2) is 0 Å². The molecule has 0 saturated carbocycles. The minimum absolute atomic E-state index is 0.288. The average molecular weight is 318 g/mol. The summed E-state index contributed by atoms with van der Waals surface area (Å²) in [5.41, 5.74) is 0. The zero-order valence-corrected chi connectivity index (χ0v) is 14.2. The molecule has 2 fully saturated rings. The normalized spacial score (nSPS) is 26.3. The highest BCUT2D eigenvalue weighted by atomic mass is 32.2. The van der Waals surface area contributed by atoms with E-state index in [2.05, 4.69) is 29.2 Å². The first-order valence-electron chi connectivity index (χ1n) is 8.03. The van der Waals surface area contributed by atoms with Crippen molar-refractivity contribution in [2.75, 3.05) is 72.2 Å². The Balaban J connectivity index is 1.77. The van der Waals surface area contributed by atoms with Gasteiger partial charge in [-0.15, -0.1) is 0 Å². The third-order valence-corrected chi connectivity index (χ3v) is 6.48. The number of rotatable bonds is 6. The van der Waals surface area contributed by atoms with Gasteiger partial charge in [0.05, 0.1) is 5.75 Å². The van der Waals surface area contributed by atoms with Crippen LogP contribution in [0.2, 0.25) is 0 Å². The maximum Gasteiger partial charge on any atom is 0.214 e. The van der Waals surface area contributed by atoms with Gasteiger partial charge in [0.1, 0.15) is 0 Å². The molecule has 0 aromatic heterocycles. The van der Waals surface area contributed by atoms with Crippen LogP contribution in [0.1, 0.15) is 12.8 Å². The molecule has 2 aliphatic heterocycles. The van der Waals surface area contributed by atoms with Gasteiger partial charge in [0.2, 0.25) is 10.0 Å². The standard InChI is InChI=1S/C14H30N4O2S/c1-16(2)6-7-17-8-10-18(11-9-17)21(19,20)13-14-4-3-5-15-12-14/h14-15H,3-13H2,1-2H3. The lowest BCUT2D eigenvalue weighted by atomic mass is 10.0. The van der Waals surface area contributed by atoms with Crippen molar-refractivity contribution < 1.29 is 8.42 Å². The Morgan fingerprint density at radius 2 is 1.90 bits per heavy atom. The monoisotopic (exact) mass is 318 g/mol. The van der Waals surface area contributed by atoms with Crippen molar-refractivity contribution >= 4 is 10.0 Å². The highest BCUT2D eigenvalue weighted by molar-refractivity contribution is 7.89.